The molecule has 1 aliphatic carbocycles. The molecule has 4 rings (SSSR count). The summed E-state index contributed by atoms with van der Waals surface area (Å²) in [5, 5.41) is 6.40. The third-order valence-corrected chi connectivity index (χ3v) is 4.77. The number of fused-ring (bicyclic) bond motifs is 1. The minimum Gasteiger partial charge on any atom is -0.486 e. The van der Waals surface area contributed by atoms with Gasteiger partial charge in [0.2, 0.25) is 0 Å². The molecule has 0 bridgehead atoms. The molecule has 1 aromatic heterocycles. The fourth-order valence-electron chi connectivity index (χ4n) is 3.44. The number of amides is 1. The van der Waals surface area contributed by atoms with E-state index in [-0.39, 0.29) is 5.91 Å². The topological polar surface area (TPSA) is 72.5 Å². The molecule has 0 radical (unpaired) electrons. The Hall–Kier alpha value is -2.76. The molecule has 2 heterocycles. The second kappa shape index (κ2) is 7.64. The maximum Gasteiger partial charge on any atom is 0.274 e. The number of nitrogens with one attached hydrogen (secondary N) is 2. The Balaban J connectivity index is 1.43. The van der Waals surface area contributed by atoms with Crippen LogP contribution in [0.4, 0.5) is 11.4 Å². The number of hydrogen-bond donors (Lipinski definition) is 2. The Morgan fingerprint density at radius 3 is 2.62 bits per heavy atom. The van der Waals surface area contributed by atoms with Gasteiger partial charge in [0.1, 0.15) is 18.9 Å². The van der Waals surface area contributed by atoms with E-state index in [1.54, 1.807) is 24.4 Å². The molecule has 1 amide bonds. The van der Waals surface area contributed by atoms with Gasteiger partial charge in [-0.1, -0.05) is 19.3 Å². The predicted molar refractivity (Wildman–Crippen MR) is 100 cm³/mol. The summed E-state index contributed by atoms with van der Waals surface area (Å²) < 4.78 is 11.1. The summed E-state index contributed by atoms with van der Waals surface area (Å²) in [6.45, 7) is 1.06. The van der Waals surface area contributed by atoms with Gasteiger partial charge in [-0.2, -0.15) is 0 Å². The van der Waals surface area contributed by atoms with Crippen molar-refractivity contribution in [3.8, 4) is 11.5 Å². The Kier molecular flexibility index (Phi) is 4.91. The molecule has 0 spiro atoms. The first kappa shape index (κ1) is 16.7. The minimum absolute atomic E-state index is 0.242. The van der Waals surface area contributed by atoms with Crippen LogP contribution >= 0.6 is 0 Å². The molecule has 1 aromatic carbocycles. The number of carbonyl (C=O) groups is 1. The first-order valence-corrected chi connectivity index (χ1v) is 9.21. The molecule has 2 aliphatic rings. The molecule has 0 atom stereocenters. The fraction of sp³-hybridized carbons (Fsp3) is 0.400. The molecule has 0 saturated heterocycles. The van der Waals surface area contributed by atoms with Crippen LogP contribution in [-0.2, 0) is 0 Å². The molecular formula is C20H23N3O3. The van der Waals surface area contributed by atoms with Crippen LogP contribution < -0.4 is 20.1 Å². The van der Waals surface area contributed by atoms with E-state index in [1.165, 1.54) is 32.1 Å². The Morgan fingerprint density at radius 1 is 0.962 bits per heavy atom. The molecule has 136 valence electrons. The number of pyridine rings is 1. The summed E-state index contributed by atoms with van der Waals surface area (Å²) >= 11 is 0. The van der Waals surface area contributed by atoms with Gasteiger partial charge in [0.05, 0.1) is 0 Å². The second-order valence-corrected chi connectivity index (χ2v) is 6.72. The van der Waals surface area contributed by atoms with Gasteiger partial charge in [0, 0.05) is 29.7 Å². The van der Waals surface area contributed by atoms with Crippen LogP contribution in [0.5, 0.6) is 11.5 Å². The molecule has 26 heavy (non-hydrogen) atoms. The van der Waals surface area contributed by atoms with Gasteiger partial charge in [0.25, 0.3) is 5.91 Å². The summed E-state index contributed by atoms with van der Waals surface area (Å²) in [6, 6.07) is 9.59. The average Bonchev–Trinajstić information content (AvgIpc) is 2.69. The number of nitrogens with zero attached hydrogens (tertiary/aromatic N) is 1. The first-order valence-electron chi connectivity index (χ1n) is 9.21. The van der Waals surface area contributed by atoms with Crippen molar-refractivity contribution in [2.75, 3.05) is 23.8 Å². The van der Waals surface area contributed by atoms with Crippen molar-refractivity contribution < 1.29 is 14.3 Å². The van der Waals surface area contributed by atoms with Gasteiger partial charge in [-0.25, -0.2) is 0 Å². The molecule has 1 fully saturated rings. The average molecular weight is 353 g/mol. The number of hydrogen-bond acceptors (Lipinski definition) is 5. The molecule has 2 aromatic rings. The van der Waals surface area contributed by atoms with E-state index in [2.05, 4.69) is 15.6 Å². The van der Waals surface area contributed by atoms with Crippen molar-refractivity contribution in [3.63, 3.8) is 0 Å². The van der Waals surface area contributed by atoms with Crippen molar-refractivity contribution in [2.24, 2.45) is 0 Å². The lowest BCUT2D eigenvalue weighted by atomic mass is 9.95. The Labute approximate surface area is 152 Å². The van der Waals surface area contributed by atoms with Crippen LogP contribution in [0.1, 0.15) is 42.6 Å². The summed E-state index contributed by atoms with van der Waals surface area (Å²) in [6.07, 6.45) is 7.88. The predicted octanol–water partition coefficient (Wildman–Crippen LogP) is 3.85. The van der Waals surface area contributed by atoms with E-state index in [0.717, 1.165) is 5.69 Å². The first-order chi connectivity index (χ1) is 12.8. The molecule has 6 heteroatoms. The van der Waals surface area contributed by atoms with E-state index in [1.807, 2.05) is 12.1 Å². The van der Waals surface area contributed by atoms with Gasteiger partial charge in [0.15, 0.2) is 11.5 Å². The van der Waals surface area contributed by atoms with Crippen molar-refractivity contribution in [1.82, 2.24) is 4.98 Å². The molecule has 0 unspecified atom stereocenters. The van der Waals surface area contributed by atoms with Gasteiger partial charge < -0.3 is 20.1 Å². The van der Waals surface area contributed by atoms with E-state index >= 15 is 0 Å². The van der Waals surface area contributed by atoms with Crippen LogP contribution in [-0.4, -0.2) is 30.1 Å². The lowest BCUT2D eigenvalue weighted by Gasteiger charge is -2.23. The monoisotopic (exact) mass is 353 g/mol. The molecular weight excluding hydrogens is 330 g/mol. The second-order valence-electron chi connectivity index (χ2n) is 6.72. The lowest BCUT2D eigenvalue weighted by Crippen LogP contribution is -2.22. The maximum atomic E-state index is 12.6. The van der Waals surface area contributed by atoms with E-state index < -0.39 is 0 Å². The Bertz CT molecular complexity index is 788. The molecule has 1 saturated carbocycles. The lowest BCUT2D eigenvalue weighted by molar-refractivity contribution is 0.102. The van der Waals surface area contributed by atoms with Crippen LogP contribution in [0.15, 0.2) is 36.5 Å². The minimum atomic E-state index is -0.242. The fourth-order valence-corrected chi connectivity index (χ4v) is 3.44. The van der Waals surface area contributed by atoms with Crippen LogP contribution in [0, 0.1) is 0 Å². The van der Waals surface area contributed by atoms with Crippen molar-refractivity contribution in [3.05, 3.63) is 42.2 Å². The third-order valence-electron chi connectivity index (χ3n) is 4.77. The highest BCUT2D eigenvalue weighted by molar-refractivity contribution is 6.03. The van der Waals surface area contributed by atoms with Crippen LogP contribution in [0.25, 0.3) is 0 Å². The maximum absolute atomic E-state index is 12.6. The quantitative estimate of drug-likeness (QED) is 0.873. The summed E-state index contributed by atoms with van der Waals surface area (Å²) in [5.41, 5.74) is 1.99. The Morgan fingerprint density at radius 2 is 1.77 bits per heavy atom. The zero-order valence-corrected chi connectivity index (χ0v) is 14.7. The smallest absolute Gasteiger partial charge is 0.274 e. The summed E-state index contributed by atoms with van der Waals surface area (Å²) in [5.74, 6) is 1.11. The number of carbonyl (C=O) groups excluding carboxylic acids is 1. The van der Waals surface area contributed by atoms with Crippen LogP contribution in [0.3, 0.4) is 0 Å². The standard InChI is InChI=1S/C20H23N3O3/c24-20(23-15-6-7-18-19(13-15)26-11-10-25-18)17-12-16(8-9-21-17)22-14-4-2-1-3-5-14/h6-9,12-14H,1-5,10-11H2,(H,21,22)(H,23,24). The van der Waals surface area contributed by atoms with Gasteiger partial charge in [-0.3, -0.25) is 9.78 Å². The largest absolute Gasteiger partial charge is 0.486 e. The molecule has 1 aliphatic heterocycles. The van der Waals surface area contributed by atoms with Gasteiger partial charge in [-0.05, 0) is 37.1 Å². The van der Waals surface area contributed by atoms with E-state index in [4.69, 9.17) is 9.47 Å². The van der Waals surface area contributed by atoms with Crippen molar-refractivity contribution in [2.45, 2.75) is 38.1 Å². The zero-order valence-electron chi connectivity index (χ0n) is 14.7. The third kappa shape index (κ3) is 3.90. The summed E-state index contributed by atoms with van der Waals surface area (Å²) in [7, 11) is 0. The highest BCUT2D eigenvalue weighted by Crippen LogP contribution is 2.32. The molecule has 2 N–H and O–H groups in total. The van der Waals surface area contributed by atoms with E-state index in [0.29, 0.717) is 42.1 Å². The number of benzene rings is 1. The number of anilines is 2. The number of rotatable bonds is 4. The molecule has 6 nitrogen and oxygen atoms in total. The normalized spacial score (nSPS) is 16.8. The SMILES string of the molecule is O=C(Nc1ccc2c(c1)OCCO2)c1cc(NC2CCCCC2)ccn1. The zero-order chi connectivity index (χ0) is 17.8. The van der Waals surface area contributed by atoms with Gasteiger partial charge in [-0.15, -0.1) is 0 Å². The number of ether oxygens (including phenoxy) is 2. The van der Waals surface area contributed by atoms with Crippen LogP contribution in [0.2, 0.25) is 0 Å². The highest BCUT2D eigenvalue weighted by atomic mass is 16.6. The number of aromatic nitrogens is 1. The highest BCUT2D eigenvalue weighted by Gasteiger charge is 2.16. The summed E-state index contributed by atoms with van der Waals surface area (Å²) in [4.78, 5) is 16.8. The van der Waals surface area contributed by atoms with Crippen molar-refractivity contribution >= 4 is 17.3 Å². The van der Waals surface area contributed by atoms with Crippen molar-refractivity contribution in [1.29, 1.82) is 0 Å². The van der Waals surface area contributed by atoms with Gasteiger partial charge >= 0.3 is 0 Å². The van der Waals surface area contributed by atoms with E-state index in [9.17, 15) is 4.79 Å².